The van der Waals surface area contributed by atoms with Gasteiger partial charge in [-0.2, -0.15) is 0 Å². The normalized spacial score (nSPS) is 11.5. The molecule has 216 valence electrons. The summed E-state index contributed by atoms with van der Waals surface area (Å²) in [6, 6.07) is 60.9. The second kappa shape index (κ2) is 11.0. The molecule has 9 aromatic rings. The molecule has 0 aliphatic heterocycles. The molecule has 46 heavy (non-hydrogen) atoms. The molecule has 0 fully saturated rings. The van der Waals surface area contributed by atoms with Gasteiger partial charge in [0.2, 0.25) is 0 Å². The largest absolute Gasteiger partial charge is 0.310 e. The highest BCUT2D eigenvalue weighted by Gasteiger charge is 2.19. The molecule has 0 unspecified atom stereocenters. The lowest BCUT2D eigenvalue weighted by atomic mass is 9.97. The molecule has 0 aliphatic carbocycles. The van der Waals surface area contributed by atoms with Crippen LogP contribution in [0.5, 0.6) is 0 Å². The molecule has 2 heterocycles. The number of pyridine rings is 1. The Labute approximate surface area is 271 Å². The highest BCUT2D eigenvalue weighted by Crippen LogP contribution is 2.45. The van der Waals surface area contributed by atoms with E-state index in [-0.39, 0.29) is 0 Å². The van der Waals surface area contributed by atoms with Crippen LogP contribution < -0.4 is 4.90 Å². The lowest BCUT2D eigenvalue weighted by molar-refractivity contribution is 1.30. The minimum absolute atomic E-state index is 0.993. The van der Waals surface area contributed by atoms with E-state index in [1.165, 1.54) is 36.6 Å². The monoisotopic (exact) mass is 604 g/mol. The zero-order valence-corrected chi connectivity index (χ0v) is 25.8. The first-order chi connectivity index (χ1) is 22.8. The number of thiophene rings is 1. The van der Waals surface area contributed by atoms with Crippen LogP contribution >= 0.6 is 11.3 Å². The lowest BCUT2D eigenvalue weighted by Gasteiger charge is -2.27. The zero-order valence-electron chi connectivity index (χ0n) is 25.0. The second-order valence-corrected chi connectivity index (χ2v) is 12.7. The summed E-state index contributed by atoms with van der Waals surface area (Å²) >= 11 is 1.85. The predicted octanol–water partition coefficient (Wildman–Crippen LogP) is 12.6. The molecule has 0 radical (unpaired) electrons. The fourth-order valence-corrected chi connectivity index (χ4v) is 7.75. The van der Waals surface area contributed by atoms with Gasteiger partial charge in [0.05, 0.1) is 16.9 Å². The minimum Gasteiger partial charge on any atom is -0.310 e. The van der Waals surface area contributed by atoms with E-state index < -0.39 is 0 Å². The summed E-state index contributed by atoms with van der Waals surface area (Å²) in [5.41, 5.74) is 8.78. The fourth-order valence-electron chi connectivity index (χ4n) is 6.63. The Morgan fingerprint density at radius 3 is 2.02 bits per heavy atom. The van der Waals surface area contributed by atoms with Crippen molar-refractivity contribution in [1.82, 2.24) is 4.98 Å². The van der Waals surface area contributed by atoms with Gasteiger partial charge in [-0.1, -0.05) is 115 Å². The Kier molecular flexibility index (Phi) is 6.36. The van der Waals surface area contributed by atoms with Crippen LogP contribution in [-0.4, -0.2) is 4.98 Å². The number of para-hydroxylation sites is 1. The van der Waals surface area contributed by atoms with Crippen LogP contribution in [0.4, 0.5) is 17.1 Å². The molecule has 3 heteroatoms. The average molecular weight is 605 g/mol. The zero-order chi connectivity index (χ0) is 30.5. The van der Waals surface area contributed by atoms with Crippen LogP contribution in [0.2, 0.25) is 0 Å². The summed E-state index contributed by atoms with van der Waals surface area (Å²) in [6.45, 7) is 0. The van der Waals surface area contributed by atoms with Crippen molar-refractivity contribution >= 4 is 70.2 Å². The maximum Gasteiger partial charge on any atom is 0.0788 e. The Morgan fingerprint density at radius 2 is 1.15 bits per heavy atom. The van der Waals surface area contributed by atoms with Gasteiger partial charge in [0.25, 0.3) is 0 Å². The second-order valence-electron chi connectivity index (χ2n) is 11.6. The highest BCUT2D eigenvalue weighted by atomic mass is 32.1. The van der Waals surface area contributed by atoms with Gasteiger partial charge in [-0.3, -0.25) is 0 Å². The summed E-state index contributed by atoms with van der Waals surface area (Å²) in [6.07, 6.45) is 0. The maximum absolute atomic E-state index is 5.15. The Balaban J connectivity index is 1.24. The molecule has 0 amide bonds. The van der Waals surface area contributed by atoms with Crippen LogP contribution in [-0.2, 0) is 0 Å². The first-order valence-corrected chi connectivity index (χ1v) is 16.4. The van der Waals surface area contributed by atoms with Crippen molar-refractivity contribution in [2.75, 3.05) is 4.90 Å². The Hall–Kier alpha value is -5.77. The third-order valence-electron chi connectivity index (χ3n) is 8.82. The summed E-state index contributed by atoms with van der Waals surface area (Å²) < 4.78 is 2.59. The first kappa shape index (κ1) is 26.6. The summed E-state index contributed by atoms with van der Waals surface area (Å²) in [4.78, 5) is 7.56. The number of fused-ring (bicyclic) bond motifs is 5. The molecular weight excluding hydrogens is 577 g/mol. The average Bonchev–Trinajstić information content (AvgIpc) is 3.51. The van der Waals surface area contributed by atoms with Gasteiger partial charge in [-0.15, -0.1) is 11.3 Å². The van der Waals surface area contributed by atoms with Gasteiger partial charge >= 0.3 is 0 Å². The standard InChI is InChI=1S/C43H28N2S/c1-2-12-31(13-3-1)43-37(28-33-15-6-8-17-38(33)44-43)30-22-24-34(25-23-30)45(35-26-21-29-11-4-5-14-32(29)27-35)39-18-10-20-41-42(39)36-16-7-9-19-40(36)46-41/h1-28H. The Bertz CT molecular complexity index is 2530. The summed E-state index contributed by atoms with van der Waals surface area (Å²) in [5.74, 6) is 0. The van der Waals surface area contributed by atoms with Crippen molar-refractivity contribution in [2.24, 2.45) is 0 Å². The predicted molar refractivity (Wildman–Crippen MR) is 198 cm³/mol. The number of aromatic nitrogens is 1. The molecule has 2 aromatic heterocycles. The van der Waals surface area contributed by atoms with E-state index in [2.05, 4.69) is 175 Å². The number of hydrogen-bond acceptors (Lipinski definition) is 3. The van der Waals surface area contributed by atoms with E-state index in [1.807, 2.05) is 11.3 Å². The van der Waals surface area contributed by atoms with Gasteiger partial charge in [-0.25, -0.2) is 4.98 Å². The summed E-state index contributed by atoms with van der Waals surface area (Å²) in [7, 11) is 0. The molecule has 9 rings (SSSR count). The third kappa shape index (κ3) is 4.52. The van der Waals surface area contributed by atoms with Crippen molar-refractivity contribution in [3.63, 3.8) is 0 Å². The van der Waals surface area contributed by atoms with E-state index in [4.69, 9.17) is 4.98 Å². The number of benzene rings is 7. The maximum atomic E-state index is 5.15. The smallest absolute Gasteiger partial charge is 0.0788 e. The third-order valence-corrected chi connectivity index (χ3v) is 9.96. The fraction of sp³-hybridized carbons (Fsp3) is 0. The molecule has 7 aromatic carbocycles. The van der Waals surface area contributed by atoms with Gasteiger partial charge in [-0.05, 0) is 70.9 Å². The van der Waals surface area contributed by atoms with Gasteiger partial charge in [0.1, 0.15) is 0 Å². The van der Waals surface area contributed by atoms with Crippen molar-refractivity contribution < 1.29 is 0 Å². The van der Waals surface area contributed by atoms with Crippen LogP contribution in [0.3, 0.4) is 0 Å². The molecule has 0 N–H and O–H groups in total. The number of hydrogen-bond donors (Lipinski definition) is 0. The SMILES string of the molecule is c1ccc(-c2nc3ccccc3cc2-c2ccc(N(c3ccc4ccccc4c3)c3cccc4sc5ccccc5c34)cc2)cc1. The molecule has 0 aliphatic rings. The van der Waals surface area contributed by atoms with Gasteiger partial charge in [0.15, 0.2) is 0 Å². The van der Waals surface area contributed by atoms with E-state index >= 15 is 0 Å². The number of rotatable bonds is 5. The van der Waals surface area contributed by atoms with E-state index in [0.29, 0.717) is 0 Å². The van der Waals surface area contributed by atoms with Gasteiger partial charge < -0.3 is 4.90 Å². The first-order valence-electron chi connectivity index (χ1n) is 15.5. The molecule has 0 saturated heterocycles. The van der Waals surface area contributed by atoms with Gasteiger partial charge in [0, 0.05) is 48.1 Å². The van der Waals surface area contributed by atoms with E-state index in [9.17, 15) is 0 Å². The molecule has 0 saturated carbocycles. The van der Waals surface area contributed by atoms with Crippen molar-refractivity contribution in [2.45, 2.75) is 0 Å². The van der Waals surface area contributed by atoms with Crippen LogP contribution in [0.15, 0.2) is 170 Å². The number of anilines is 3. The quantitative estimate of drug-likeness (QED) is 0.194. The molecular formula is C43H28N2S. The lowest BCUT2D eigenvalue weighted by Crippen LogP contribution is -2.10. The molecule has 0 bridgehead atoms. The van der Waals surface area contributed by atoms with Crippen LogP contribution in [0, 0.1) is 0 Å². The van der Waals surface area contributed by atoms with Crippen LogP contribution in [0.1, 0.15) is 0 Å². The molecule has 0 spiro atoms. The molecule has 2 nitrogen and oxygen atoms in total. The highest BCUT2D eigenvalue weighted by molar-refractivity contribution is 7.26. The van der Waals surface area contributed by atoms with E-state index in [1.54, 1.807) is 0 Å². The minimum atomic E-state index is 0.993. The van der Waals surface area contributed by atoms with Crippen molar-refractivity contribution in [3.8, 4) is 22.4 Å². The van der Waals surface area contributed by atoms with Crippen molar-refractivity contribution in [1.29, 1.82) is 0 Å². The Morgan fingerprint density at radius 1 is 0.457 bits per heavy atom. The van der Waals surface area contributed by atoms with Crippen molar-refractivity contribution in [3.05, 3.63) is 170 Å². The molecule has 0 atom stereocenters. The number of nitrogens with zero attached hydrogens (tertiary/aromatic N) is 2. The topological polar surface area (TPSA) is 16.1 Å². The van der Waals surface area contributed by atoms with E-state index in [0.717, 1.165) is 44.7 Å². The summed E-state index contributed by atoms with van der Waals surface area (Å²) in [5, 5.41) is 6.16. The van der Waals surface area contributed by atoms with Crippen LogP contribution in [0.25, 0.3) is 64.2 Å².